The van der Waals surface area contributed by atoms with E-state index in [1.165, 1.54) is 0 Å². The Kier molecular flexibility index (Phi) is 6.63. The smallest absolute Gasteiger partial charge is 0.317 e. The van der Waals surface area contributed by atoms with Crippen molar-refractivity contribution in [3.05, 3.63) is 95.6 Å². The number of rotatable bonds is 8. The number of methoxy groups -OCH3 is 1. The van der Waals surface area contributed by atoms with Gasteiger partial charge < -0.3 is 19.2 Å². The van der Waals surface area contributed by atoms with Crippen molar-refractivity contribution < 1.29 is 18.7 Å². The van der Waals surface area contributed by atoms with Gasteiger partial charge >= 0.3 is 6.01 Å². The molecule has 0 saturated heterocycles. The van der Waals surface area contributed by atoms with Crippen LogP contribution >= 0.6 is 0 Å². The lowest BCUT2D eigenvalue weighted by atomic mass is 9.96. The zero-order chi connectivity index (χ0) is 24.0. The summed E-state index contributed by atoms with van der Waals surface area (Å²) in [5.41, 5.74) is 4.18. The fourth-order valence-corrected chi connectivity index (χ4v) is 3.91. The van der Waals surface area contributed by atoms with E-state index in [0.717, 1.165) is 22.4 Å². The molecule has 1 aliphatic rings. The topological polar surface area (TPSA) is 98.8 Å². The third-order valence-corrected chi connectivity index (χ3v) is 5.60. The van der Waals surface area contributed by atoms with Crippen LogP contribution in [0.3, 0.4) is 0 Å². The zero-order valence-corrected chi connectivity index (χ0v) is 19.2. The van der Waals surface area contributed by atoms with Crippen molar-refractivity contribution in [2.75, 3.05) is 25.6 Å². The van der Waals surface area contributed by atoms with Crippen molar-refractivity contribution in [2.45, 2.75) is 12.6 Å². The summed E-state index contributed by atoms with van der Waals surface area (Å²) < 4.78 is 16.7. The van der Waals surface area contributed by atoms with Crippen molar-refractivity contribution in [1.82, 2.24) is 10.2 Å². The van der Waals surface area contributed by atoms with E-state index in [1.807, 2.05) is 78.9 Å². The number of Topliss-reactive ketones (excluding diaryl/α,β-unsaturated/α-hetero) is 1. The SMILES string of the molecule is COCCOc1ccccc1-c1nnc(N[C@H]2N=C(c3ccccc3)c3ccccc3CC2=O)o1. The molecule has 0 bridgehead atoms. The molecule has 0 aliphatic carbocycles. The van der Waals surface area contributed by atoms with E-state index in [1.54, 1.807) is 7.11 Å². The Balaban J connectivity index is 1.44. The number of anilines is 1. The van der Waals surface area contributed by atoms with Crippen LogP contribution in [-0.2, 0) is 16.0 Å². The van der Waals surface area contributed by atoms with Gasteiger partial charge in [0.15, 0.2) is 11.9 Å². The molecule has 8 nitrogen and oxygen atoms in total. The molecular weight excluding hydrogens is 444 g/mol. The molecule has 0 amide bonds. The highest BCUT2D eigenvalue weighted by molar-refractivity contribution is 6.16. The summed E-state index contributed by atoms with van der Waals surface area (Å²) in [6.07, 6.45) is -0.635. The number of hydrogen-bond acceptors (Lipinski definition) is 8. The molecule has 176 valence electrons. The molecule has 3 aromatic carbocycles. The summed E-state index contributed by atoms with van der Waals surface area (Å²) in [4.78, 5) is 17.9. The molecule has 0 radical (unpaired) electrons. The molecule has 1 aliphatic heterocycles. The minimum absolute atomic E-state index is 0.0913. The quantitative estimate of drug-likeness (QED) is 0.388. The third kappa shape index (κ3) is 4.97. The monoisotopic (exact) mass is 468 g/mol. The second-order valence-corrected chi connectivity index (χ2v) is 7.94. The molecule has 4 aromatic rings. The highest BCUT2D eigenvalue weighted by Gasteiger charge is 2.27. The Labute approximate surface area is 202 Å². The first-order valence-corrected chi connectivity index (χ1v) is 11.3. The highest BCUT2D eigenvalue weighted by atomic mass is 16.5. The molecule has 1 N–H and O–H groups in total. The van der Waals surface area contributed by atoms with Gasteiger partial charge in [-0.15, -0.1) is 5.10 Å². The van der Waals surface area contributed by atoms with E-state index in [-0.39, 0.29) is 24.1 Å². The second-order valence-electron chi connectivity index (χ2n) is 7.94. The number of aliphatic imine (C=N–C) groups is 1. The molecule has 1 atom stereocenters. The first kappa shape index (κ1) is 22.5. The number of hydrogen-bond donors (Lipinski definition) is 1. The van der Waals surface area contributed by atoms with Gasteiger partial charge in [0.1, 0.15) is 12.4 Å². The van der Waals surface area contributed by atoms with Crippen LogP contribution < -0.4 is 10.1 Å². The number of carbonyl (C=O) groups is 1. The molecule has 1 aromatic heterocycles. The summed E-state index contributed by atoms with van der Waals surface area (Å²) in [7, 11) is 1.62. The van der Waals surface area contributed by atoms with Crippen LogP contribution in [0.1, 0.15) is 16.7 Å². The van der Waals surface area contributed by atoms with Crippen molar-refractivity contribution in [3.63, 3.8) is 0 Å². The van der Waals surface area contributed by atoms with Crippen molar-refractivity contribution in [1.29, 1.82) is 0 Å². The number of aromatic nitrogens is 2. The number of ether oxygens (including phenoxy) is 2. The number of nitrogens with zero attached hydrogens (tertiary/aromatic N) is 3. The lowest BCUT2D eigenvalue weighted by molar-refractivity contribution is -0.119. The lowest BCUT2D eigenvalue weighted by Gasteiger charge is -2.12. The number of benzene rings is 3. The number of para-hydroxylation sites is 1. The predicted octanol–water partition coefficient (Wildman–Crippen LogP) is 4.16. The lowest BCUT2D eigenvalue weighted by Crippen LogP contribution is -2.29. The predicted molar refractivity (Wildman–Crippen MR) is 132 cm³/mol. The molecule has 0 spiro atoms. The van der Waals surface area contributed by atoms with Crippen molar-refractivity contribution in [3.8, 4) is 17.2 Å². The third-order valence-electron chi connectivity index (χ3n) is 5.60. The number of carbonyl (C=O) groups excluding carboxylic acids is 1. The molecule has 0 fully saturated rings. The maximum Gasteiger partial charge on any atom is 0.317 e. The Hall–Kier alpha value is -4.30. The molecule has 8 heteroatoms. The van der Waals surface area contributed by atoms with Gasteiger partial charge in [-0.2, -0.15) is 0 Å². The molecule has 0 saturated carbocycles. The van der Waals surface area contributed by atoms with Crippen molar-refractivity contribution >= 4 is 17.5 Å². The van der Waals surface area contributed by atoms with E-state index >= 15 is 0 Å². The fourth-order valence-electron chi connectivity index (χ4n) is 3.91. The average molecular weight is 469 g/mol. The number of fused-ring (bicyclic) bond motifs is 1. The van der Waals surface area contributed by atoms with Crippen LogP contribution in [0.5, 0.6) is 5.75 Å². The minimum atomic E-state index is -0.876. The maximum atomic E-state index is 13.1. The van der Waals surface area contributed by atoms with Crippen molar-refractivity contribution in [2.24, 2.45) is 4.99 Å². The van der Waals surface area contributed by atoms with E-state index in [9.17, 15) is 4.79 Å². The van der Waals surface area contributed by atoms with Gasteiger partial charge in [0.25, 0.3) is 5.89 Å². The fraction of sp³-hybridized carbons (Fsp3) is 0.185. The van der Waals surface area contributed by atoms with Crippen LogP contribution in [0.15, 0.2) is 88.3 Å². The van der Waals surface area contributed by atoms with Crippen LogP contribution in [-0.4, -0.2) is 48.2 Å². The standard InChI is InChI=1S/C27H24N4O4/c1-33-15-16-34-23-14-8-7-13-21(23)26-30-31-27(35-26)29-25-22(32)17-19-11-5-6-12-20(19)24(28-25)18-9-3-2-4-10-18/h2-14,25H,15-17H2,1H3,(H,29,31)/t25-/m1/s1. The molecule has 0 unspecified atom stereocenters. The van der Waals surface area contributed by atoms with Gasteiger partial charge in [-0.25, -0.2) is 0 Å². The normalized spacial score (nSPS) is 15.2. The number of ketones is 1. The Morgan fingerprint density at radius 3 is 2.49 bits per heavy atom. The first-order valence-electron chi connectivity index (χ1n) is 11.3. The van der Waals surface area contributed by atoms with Gasteiger partial charge in [0, 0.05) is 24.7 Å². The van der Waals surface area contributed by atoms with Crippen LogP contribution in [0, 0.1) is 0 Å². The first-order chi connectivity index (χ1) is 17.2. The summed E-state index contributed by atoms with van der Waals surface area (Å²) >= 11 is 0. The van der Waals surface area contributed by atoms with E-state index in [0.29, 0.717) is 24.5 Å². The molecular formula is C27H24N4O4. The van der Waals surface area contributed by atoms with Crippen LogP contribution in [0.25, 0.3) is 11.5 Å². The average Bonchev–Trinajstić information content (AvgIpc) is 3.31. The van der Waals surface area contributed by atoms with Gasteiger partial charge in [-0.1, -0.05) is 71.8 Å². The number of nitrogens with one attached hydrogen (secondary N) is 1. The largest absolute Gasteiger partial charge is 0.490 e. The van der Waals surface area contributed by atoms with Crippen LogP contribution in [0.4, 0.5) is 6.01 Å². The summed E-state index contributed by atoms with van der Waals surface area (Å²) in [5, 5.41) is 11.3. The van der Waals surface area contributed by atoms with Gasteiger partial charge in [-0.05, 0) is 17.7 Å². The Morgan fingerprint density at radius 2 is 1.66 bits per heavy atom. The van der Waals surface area contributed by atoms with Gasteiger partial charge in [-0.3, -0.25) is 9.79 Å². The summed E-state index contributed by atoms with van der Waals surface area (Å²) in [5.74, 6) is 0.786. The molecule has 2 heterocycles. The Bertz CT molecular complexity index is 1350. The van der Waals surface area contributed by atoms with Gasteiger partial charge in [0.05, 0.1) is 17.9 Å². The van der Waals surface area contributed by atoms with E-state index in [2.05, 4.69) is 15.5 Å². The summed E-state index contributed by atoms with van der Waals surface area (Å²) in [6, 6.07) is 25.1. The van der Waals surface area contributed by atoms with E-state index < -0.39 is 6.17 Å². The Morgan fingerprint density at radius 1 is 0.914 bits per heavy atom. The molecule has 5 rings (SSSR count). The second kappa shape index (κ2) is 10.3. The zero-order valence-electron chi connectivity index (χ0n) is 19.2. The minimum Gasteiger partial charge on any atom is -0.490 e. The highest BCUT2D eigenvalue weighted by Crippen LogP contribution is 2.30. The van der Waals surface area contributed by atoms with Crippen LogP contribution in [0.2, 0.25) is 0 Å². The van der Waals surface area contributed by atoms with Gasteiger partial charge in [0.2, 0.25) is 0 Å². The maximum absolute atomic E-state index is 13.1. The molecule has 35 heavy (non-hydrogen) atoms. The summed E-state index contributed by atoms with van der Waals surface area (Å²) in [6.45, 7) is 0.847. The van der Waals surface area contributed by atoms with E-state index in [4.69, 9.17) is 18.9 Å².